The SMILES string of the molecule is O=C(Nc1nnc(CCS(=O)(=O)c2ccccc2)o1)c1ccc(N2C(=O)CCC2=O)cc1. The van der Waals surface area contributed by atoms with Crippen LogP contribution in [0.2, 0.25) is 0 Å². The molecule has 0 spiro atoms. The lowest BCUT2D eigenvalue weighted by molar-refractivity contribution is -0.121. The number of aryl methyl sites for hydroxylation is 1. The fraction of sp³-hybridized carbons (Fsp3) is 0.190. The highest BCUT2D eigenvalue weighted by atomic mass is 32.2. The predicted molar refractivity (Wildman–Crippen MR) is 113 cm³/mol. The number of carbonyl (C=O) groups excluding carboxylic acids is 3. The minimum atomic E-state index is -3.50. The summed E-state index contributed by atoms with van der Waals surface area (Å²) in [6.45, 7) is 0. The van der Waals surface area contributed by atoms with Crippen molar-refractivity contribution >= 4 is 39.3 Å². The molecule has 32 heavy (non-hydrogen) atoms. The summed E-state index contributed by atoms with van der Waals surface area (Å²) in [5.74, 6) is -1.24. The van der Waals surface area contributed by atoms with Gasteiger partial charge in [0.15, 0.2) is 9.84 Å². The molecule has 1 aromatic heterocycles. The molecule has 1 aliphatic rings. The van der Waals surface area contributed by atoms with E-state index in [1.165, 1.54) is 36.4 Å². The van der Waals surface area contributed by atoms with E-state index in [-0.39, 0.29) is 59.2 Å². The molecule has 0 atom stereocenters. The van der Waals surface area contributed by atoms with E-state index in [2.05, 4.69) is 15.5 Å². The topological polar surface area (TPSA) is 140 Å². The van der Waals surface area contributed by atoms with Crippen molar-refractivity contribution < 1.29 is 27.2 Å². The summed E-state index contributed by atoms with van der Waals surface area (Å²) in [5.41, 5.74) is 0.646. The molecule has 11 heteroatoms. The molecule has 2 heterocycles. The first-order chi connectivity index (χ1) is 15.3. The molecular weight excluding hydrogens is 436 g/mol. The van der Waals surface area contributed by atoms with Crippen molar-refractivity contribution in [3.8, 4) is 0 Å². The van der Waals surface area contributed by atoms with Crippen LogP contribution in [0.3, 0.4) is 0 Å². The molecule has 164 valence electrons. The monoisotopic (exact) mass is 454 g/mol. The fourth-order valence-electron chi connectivity index (χ4n) is 3.17. The number of nitrogens with zero attached hydrogens (tertiary/aromatic N) is 3. The number of nitrogens with one attached hydrogen (secondary N) is 1. The maximum atomic E-state index is 12.4. The summed E-state index contributed by atoms with van der Waals surface area (Å²) in [6.07, 6.45) is 0.340. The molecular formula is C21H18N4O6S. The molecule has 0 unspecified atom stereocenters. The first-order valence-corrected chi connectivity index (χ1v) is 11.4. The maximum absolute atomic E-state index is 12.4. The molecule has 1 saturated heterocycles. The number of hydrogen-bond acceptors (Lipinski definition) is 8. The van der Waals surface area contributed by atoms with E-state index in [0.29, 0.717) is 5.69 Å². The Labute approximate surface area is 183 Å². The molecule has 4 rings (SSSR count). The van der Waals surface area contributed by atoms with Crippen LogP contribution in [-0.4, -0.2) is 42.1 Å². The van der Waals surface area contributed by atoms with E-state index in [0.717, 1.165) is 4.90 Å². The van der Waals surface area contributed by atoms with Crippen molar-refractivity contribution in [2.24, 2.45) is 0 Å². The van der Waals surface area contributed by atoms with E-state index in [1.807, 2.05) is 0 Å². The van der Waals surface area contributed by atoms with Gasteiger partial charge in [-0.3, -0.25) is 24.6 Å². The maximum Gasteiger partial charge on any atom is 0.322 e. The molecule has 0 saturated carbocycles. The van der Waals surface area contributed by atoms with Crippen LogP contribution in [0.4, 0.5) is 11.7 Å². The largest absolute Gasteiger partial charge is 0.408 e. The van der Waals surface area contributed by atoms with Crippen LogP contribution >= 0.6 is 0 Å². The van der Waals surface area contributed by atoms with E-state index < -0.39 is 15.7 Å². The molecule has 3 amide bonds. The van der Waals surface area contributed by atoms with Crippen LogP contribution in [0.15, 0.2) is 63.9 Å². The van der Waals surface area contributed by atoms with Crippen molar-refractivity contribution in [1.29, 1.82) is 0 Å². The Balaban J connectivity index is 1.36. The number of anilines is 2. The van der Waals surface area contributed by atoms with Crippen LogP contribution in [0.25, 0.3) is 0 Å². The Morgan fingerprint density at radius 1 is 0.969 bits per heavy atom. The zero-order valence-corrected chi connectivity index (χ0v) is 17.5. The van der Waals surface area contributed by atoms with Crippen LogP contribution in [0.5, 0.6) is 0 Å². The lowest BCUT2D eigenvalue weighted by atomic mass is 10.2. The van der Waals surface area contributed by atoms with Crippen molar-refractivity contribution in [2.45, 2.75) is 24.2 Å². The number of amides is 3. The Morgan fingerprint density at radius 2 is 1.62 bits per heavy atom. The quantitative estimate of drug-likeness (QED) is 0.535. The average Bonchev–Trinajstić information content (AvgIpc) is 3.38. The predicted octanol–water partition coefficient (Wildman–Crippen LogP) is 1.99. The highest BCUT2D eigenvalue weighted by molar-refractivity contribution is 7.91. The van der Waals surface area contributed by atoms with Gasteiger partial charge in [-0.1, -0.05) is 23.3 Å². The third-order valence-corrected chi connectivity index (χ3v) is 6.55. The minimum absolute atomic E-state index is 0.00725. The third-order valence-electron chi connectivity index (χ3n) is 4.81. The summed E-state index contributed by atoms with van der Waals surface area (Å²) in [4.78, 5) is 37.3. The third kappa shape index (κ3) is 4.57. The molecule has 1 fully saturated rings. The minimum Gasteiger partial charge on any atom is -0.408 e. The van der Waals surface area contributed by atoms with Gasteiger partial charge in [-0.25, -0.2) is 8.42 Å². The van der Waals surface area contributed by atoms with Gasteiger partial charge in [0.2, 0.25) is 17.7 Å². The second kappa shape index (κ2) is 8.71. The molecule has 2 aromatic carbocycles. The number of aromatic nitrogens is 2. The summed E-state index contributed by atoms with van der Waals surface area (Å²) >= 11 is 0. The highest BCUT2D eigenvalue weighted by Crippen LogP contribution is 2.23. The second-order valence-electron chi connectivity index (χ2n) is 7.01. The lowest BCUT2D eigenvalue weighted by Crippen LogP contribution is -2.28. The van der Waals surface area contributed by atoms with Crippen molar-refractivity contribution in [1.82, 2.24) is 10.2 Å². The molecule has 0 aliphatic carbocycles. The van der Waals surface area contributed by atoms with Crippen molar-refractivity contribution in [3.63, 3.8) is 0 Å². The first kappa shape index (κ1) is 21.4. The van der Waals surface area contributed by atoms with Crippen LogP contribution in [-0.2, 0) is 25.8 Å². The molecule has 0 bridgehead atoms. The van der Waals surface area contributed by atoms with Gasteiger partial charge in [0.05, 0.1) is 16.3 Å². The smallest absolute Gasteiger partial charge is 0.322 e. The van der Waals surface area contributed by atoms with E-state index in [9.17, 15) is 22.8 Å². The summed E-state index contributed by atoms with van der Waals surface area (Å²) in [7, 11) is -3.50. The van der Waals surface area contributed by atoms with Gasteiger partial charge in [0.1, 0.15) is 0 Å². The van der Waals surface area contributed by atoms with Crippen LogP contribution in [0, 0.1) is 0 Å². The molecule has 1 aliphatic heterocycles. The van der Waals surface area contributed by atoms with E-state index >= 15 is 0 Å². The van der Waals surface area contributed by atoms with Gasteiger partial charge in [0.25, 0.3) is 5.91 Å². The number of hydrogen-bond donors (Lipinski definition) is 1. The first-order valence-electron chi connectivity index (χ1n) is 9.71. The number of rotatable bonds is 7. The average molecular weight is 454 g/mol. The van der Waals surface area contributed by atoms with Gasteiger partial charge in [-0.15, -0.1) is 5.10 Å². The van der Waals surface area contributed by atoms with Crippen LogP contribution < -0.4 is 10.2 Å². The van der Waals surface area contributed by atoms with Gasteiger partial charge in [-0.2, -0.15) is 0 Å². The normalized spacial score (nSPS) is 14.1. The number of benzene rings is 2. The van der Waals surface area contributed by atoms with Gasteiger partial charge < -0.3 is 4.42 Å². The Bertz CT molecular complexity index is 1250. The molecule has 0 radical (unpaired) electrons. The van der Waals surface area contributed by atoms with E-state index in [1.54, 1.807) is 18.2 Å². The summed E-state index contributed by atoms with van der Waals surface area (Å²) < 4.78 is 30.0. The zero-order valence-electron chi connectivity index (χ0n) is 16.7. The van der Waals surface area contributed by atoms with E-state index in [4.69, 9.17) is 4.42 Å². The highest BCUT2D eigenvalue weighted by Gasteiger charge is 2.30. The Morgan fingerprint density at radius 3 is 2.28 bits per heavy atom. The Kier molecular flexibility index (Phi) is 5.82. The van der Waals surface area contributed by atoms with Crippen LogP contribution in [0.1, 0.15) is 29.1 Å². The summed E-state index contributed by atoms with van der Waals surface area (Å²) in [5, 5.41) is 9.92. The standard InChI is InChI=1S/C21H18N4O6S/c26-18-10-11-19(27)25(18)15-8-6-14(7-9-15)20(28)22-21-24-23-17(31-21)12-13-32(29,30)16-4-2-1-3-5-16/h1-9H,10-13H2,(H,22,24,28). The van der Waals surface area contributed by atoms with Crippen molar-refractivity contribution in [3.05, 3.63) is 66.1 Å². The van der Waals surface area contributed by atoms with Gasteiger partial charge in [-0.05, 0) is 36.4 Å². The fourth-order valence-corrected chi connectivity index (χ4v) is 4.42. The summed E-state index contributed by atoms with van der Waals surface area (Å²) in [6, 6.07) is 13.8. The number of imide groups is 1. The number of sulfone groups is 1. The number of carbonyl (C=O) groups is 3. The zero-order chi connectivity index (χ0) is 22.7. The van der Waals surface area contributed by atoms with Gasteiger partial charge in [0, 0.05) is 24.8 Å². The Hall–Kier alpha value is -3.86. The van der Waals surface area contributed by atoms with Gasteiger partial charge >= 0.3 is 6.01 Å². The van der Waals surface area contributed by atoms with Crippen molar-refractivity contribution in [2.75, 3.05) is 16.0 Å². The second-order valence-corrected chi connectivity index (χ2v) is 9.12. The molecule has 3 aromatic rings. The molecule has 1 N–H and O–H groups in total. The molecule has 10 nitrogen and oxygen atoms in total. The lowest BCUT2D eigenvalue weighted by Gasteiger charge is -2.13.